The van der Waals surface area contributed by atoms with E-state index in [-0.39, 0.29) is 5.91 Å². The Balaban J connectivity index is 1.39. The Morgan fingerprint density at radius 1 is 1.23 bits per heavy atom. The van der Waals surface area contributed by atoms with Crippen molar-refractivity contribution >= 4 is 35.1 Å². The van der Waals surface area contributed by atoms with Crippen molar-refractivity contribution in [1.82, 2.24) is 15.2 Å². The number of hydrazone groups is 1. The summed E-state index contributed by atoms with van der Waals surface area (Å²) in [6.45, 7) is 6.84. The fraction of sp³-hybridized carbons (Fsp3) is 0.368. The number of carbonyl (C=O) groups excluding carboxylic acids is 1. The largest absolute Gasteiger partial charge is 0.296 e. The highest BCUT2D eigenvalue weighted by Gasteiger charge is 2.19. The van der Waals surface area contributed by atoms with Crippen molar-refractivity contribution in [2.24, 2.45) is 5.10 Å². The van der Waals surface area contributed by atoms with Gasteiger partial charge in [0.25, 0.3) is 5.91 Å². The fourth-order valence-electron chi connectivity index (χ4n) is 2.89. The lowest BCUT2D eigenvalue weighted by Gasteiger charge is -2.34. The minimum absolute atomic E-state index is 0.0741. The molecular formula is C19H23ClN4OS. The normalized spacial score (nSPS) is 16.2. The van der Waals surface area contributed by atoms with E-state index in [4.69, 9.17) is 11.6 Å². The smallest absolute Gasteiger partial charge is 0.254 e. The number of rotatable bonds is 6. The van der Waals surface area contributed by atoms with Crippen molar-refractivity contribution in [3.05, 3.63) is 56.7 Å². The van der Waals surface area contributed by atoms with E-state index >= 15 is 0 Å². The van der Waals surface area contributed by atoms with E-state index in [1.807, 2.05) is 36.6 Å². The standard InChI is InChI=1S/C19H23ClN4OS/c1-15-6-11-26-18(15)12-21-22-19(25)14-24-9-7-23(8-10-24)13-16-4-2-3-5-17(16)20/h2-6,11-12H,7-10,13-14H2,1H3,(H,22,25). The SMILES string of the molecule is Cc1ccsc1C=NNC(=O)CN1CCN(Cc2ccccc2Cl)CC1. The lowest BCUT2D eigenvalue weighted by atomic mass is 10.2. The molecular weight excluding hydrogens is 368 g/mol. The van der Waals surface area contributed by atoms with Crippen LogP contribution in [-0.2, 0) is 11.3 Å². The van der Waals surface area contributed by atoms with Crippen molar-refractivity contribution in [3.8, 4) is 0 Å². The highest BCUT2D eigenvalue weighted by Crippen LogP contribution is 2.17. The molecule has 3 rings (SSSR count). The van der Waals surface area contributed by atoms with Gasteiger partial charge < -0.3 is 0 Å². The molecule has 2 heterocycles. The van der Waals surface area contributed by atoms with Gasteiger partial charge in [-0.25, -0.2) is 5.43 Å². The number of piperazine rings is 1. The van der Waals surface area contributed by atoms with Gasteiger partial charge in [-0.2, -0.15) is 5.10 Å². The van der Waals surface area contributed by atoms with E-state index in [1.54, 1.807) is 17.6 Å². The van der Waals surface area contributed by atoms with Gasteiger partial charge in [0, 0.05) is 42.6 Å². The molecule has 7 heteroatoms. The van der Waals surface area contributed by atoms with Crippen LogP contribution in [0, 0.1) is 6.92 Å². The predicted octanol–water partition coefficient (Wildman–Crippen LogP) is 2.98. The lowest BCUT2D eigenvalue weighted by Crippen LogP contribution is -2.48. The van der Waals surface area contributed by atoms with Crippen LogP contribution in [0.1, 0.15) is 16.0 Å². The molecule has 0 saturated carbocycles. The van der Waals surface area contributed by atoms with Gasteiger partial charge in [-0.15, -0.1) is 11.3 Å². The molecule has 1 aliphatic rings. The first-order valence-electron chi connectivity index (χ1n) is 8.66. The van der Waals surface area contributed by atoms with Crippen molar-refractivity contribution in [2.45, 2.75) is 13.5 Å². The van der Waals surface area contributed by atoms with Crippen LogP contribution in [0.2, 0.25) is 5.02 Å². The Morgan fingerprint density at radius 2 is 1.96 bits per heavy atom. The molecule has 138 valence electrons. The number of nitrogens with one attached hydrogen (secondary N) is 1. The summed E-state index contributed by atoms with van der Waals surface area (Å²) in [7, 11) is 0. The van der Waals surface area contributed by atoms with Crippen molar-refractivity contribution < 1.29 is 4.79 Å². The van der Waals surface area contributed by atoms with Gasteiger partial charge >= 0.3 is 0 Å². The summed E-state index contributed by atoms with van der Waals surface area (Å²) in [6.07, 6.45) is 1.71. The molecule has 2 aromatic rings. The zero-order chi connectivity index (χ0) is 18.4. The maximum absolute atomic E-state index is 12.0. The average molecular weight is 391 g/mol. The number of carbonyl (C=O) groups is 1. The second-order valence-corrected chi connectivity index (χ2v) is 7.76. The molecule has 0 spiro atoms. The van der Waals surface area contributed by atoms with Crippen molar-refractivity contribution in [2.75, 3.05) is 32.7 Å². The molecule has 1 saturated heterocycles. The second-order valence-electron chi connectivity index (χ2n) is 6.40. The number of nitrogens with zero attached hydrogens (tertiary/aromatic N) is 3. The summed E-state index contributed by atoms with van der Waals surface area (Å²) in [5.41, 5.74) is 4.94. The molecule has 0 aliphatic carbocycles. The summed E-state index contributed by atoms with van der Waals surface area (Å²) >= 11 is 7.85. The Hall–Kier alpha value is -1.73. The van der Waals surface area contributed by atoms with E-state index in [1.165, 1.54) is 5.56 Å². The third kappa shape index (κ3) is 5.38. The average Bonchev–Trinajstić information content (AvgIpc) is 3.04. The molecule has 1 N–H and O–H groups in total. The van der Waals surface area contributed by atoms with E-state index < -0.39 is 0 Å². The zero-order valence-electron chi connectivity index (χ0n) is 14.8. The highest BCUT2D eigenvalue weighted by atomic mass is 35.5. The molecule has 1 aromatic carbocycles. The number of hydrogen-bond donors (Lipinski definition) is 1. The highest BCUT2D eigenvalue weighted by molar-refractivity contribution is 7.11. The molecule has 1 aromatic heterocycles. The van der Waals surface area contributed by atoms with E-state index in [0.717, 1.165) is 48.2 Å². The molecule has 5 nitrogen and oxygen atoms in total. The van der Waals surface area contributed by atoms with Crippen LogP contribution in [0.3, 0.4) is 0 Å². The summed E-state index contributed by atoms with van der Waals surface area (Å²) < 4.78 is 0. The van der Waals surface area contributed by atoms with Gasteiger partial charge in [0.1, 0.15) is 0 Å². The molecule has 26 heavy (non-hydrogen) atoms. The third-order valence-electron chi connectivity index (χ3n) is 4.46. The first-order valence-corrected chi connectivity index (χ1v) is 9.91. The Kier molecular flexibility index (Phi) is 6.80. The van der Waals surface area contributed by atoms with Gasteiger partial charge in [0.2, 0.25) is 0 Å². The summed E-state index contributed by atoms with van der Waals surface area (Å²) in [5.74, 6) is -0.0741. The van der Waals surface area contributed by atoms with Crippen LogP contribution in [0.15, 0.2) is 40.8 Å². The number of benzene rings is 1. The molecule has 1 aliphatic heterocycles. The summed E-state index contributed by atoms with van der Waals surface area (Å²) in [5, 5.41) is 6.88. The Bertz CT molecular complexity index is 768. The van der Waals surface area contributed by atoms with Crippen LogP contribution in [-0.4, -0.2) is 54.6 Å². The second kappa shape index (κ2) is 9.28. The van der Waals surface area contributed by atoms with Gasteiger partial charge in [0.05, 0.1) is 12.8 Å². The summed E-state index contributed by atoms with van der Waals surface area (Å²) in [4.78, 5) is 17.6. The molecule has 0 radical (unpaired) electrons. The first kappa shape index (κ1) is 19.0. The topological polar surface area (TPSA) is 47.9 Å². The molecule has 0 unspecified atom stereocenters. The van der Waals surface area contributed by atoms with Gasteiger partial charge in [-0.3, -0.25) is 14.6 Å². The lowest BCUT2D eigenvalue weighted by molar-refractivity contribution is -0.122. The fourth-order valence-corrected chi connectivity index (χ4v) is 3.87. The van der Waals surface area contributed by atoms with Gasteiger partial charge in [-0.1, -0.05) is 29.8 Å². The number of aryl methyl sites for hydroxylation is 1. The quantitative estimate of drug-likeness (QED) is 0.609. The number of hydrogen-bond acceptors (Lipinski definition) is 5. The monoisotopic (exact) mass is 390 g/mol. The van der Waals surface area contributed by atoms with Crippen molar-refractivity contribution in [1.29, 1.82) is 0 Å². The minimum atomic E-state index is -0.0741. The van der Waals surface area contributed by atoms with Gasteiger partial charge in [0.15, 0.2) is 0 Å². The van der Waals surface area contributed by atoms with Crippen LogP contribution in [0.25, 0.3) is 0 Å². The van der Waals surface area contributed by atoms with Crippen molar-refractivity contribution in [3.63, 3.8) is 0 Å². The third-order valence-corrected chi connectivity index (χ3v) is 5.78. The predicted molar refractivity (Wildman–Crippen MR) is 108 cm³/mol. The maximum atomic E-state index is 12.0. The summed E-state index contributed by atoms with van der Waals surface area (Å²) in [6, 6.07) is 9.99. The zero-order valence-corrected chi connectivity index (χ0v) is 16.4. The molecule has 1 amide bonds. The van der Waals surface area contributed by atoms with E-state index in [2.05, 4.69) is 26.4 Å². The van der Waals surface area contributed by atoms with Gasteiger partial charge in [-0.05, 0) is 35.6 Å². The van der Waals surface area contributed by atoms with Crippen LogP contribution < -0.4 is 5.43 Å². The van der Waals surface area contributed by atoms with Crippen LogP contribution in [0.4, 0.5) is 0 Å². The number of thiophene rings is 1. The van der Waals surface area contributed by atoms with E-state index in [0.29, 0.717) is 6.54 Å². The van der Waals surface area contributed by atoms with E-state index in [9.17, 15) is 4.79 Å². The first-order chi connectivity index (χ1) is 12.6. The minimum Gasteiger partial charge on any atom is -0.296 e. The van der Waals surface area contributed by atoms with Crippen LogP contribution in [0.5, 0.6) is 0 Å². The maximum Gasteiger partial charge on any atom is 0.254 e. The number of halogens is 1. The number of amides is 1. The molecule has 0 atom stereocenters. The molecule has 0 bridgehead atoms. The van der Waals surface area contributed by atoms with Crippen LogP contribution >= 0.6 is 22.9 Å². The Morgan fingerprint density at radius 3 is 2.65 bits per heavy atom. The molecule has 1 fully saturated rings. The Labute approximate surface area is 163 Å².